The van der Waals surface area contributed by atoms with Crippen molar-refractivity contribution in [1.82, 2.24) is 0 Å². The average Bonchev–Trinajstić information content (AvgIpc) is 2.94. The maximum Gasteiger partial charge on any atom is 0.135 e. The SMILES string of the molecule is CCOc1c(-c2ccccc2O)cc(-c2ccccc2Cl)c(-c2ccccc2Br)c1-c1ccccc1CC. The van der Waals surface area contributed by atoms with Gasteiger partial charge in [-0.05, 0) is 59.9 Å². The van der Waals surface area contributed by atoms with Gasteiger partial charge in [0.2, 0.25) is 0 Å². The summed E-state index contributed by atoms with van der Waals surface area (Å²) in [5.74, 6) is 0.929. The Balaban J connectivity index is 2.06. The monoisotopic (exact) mass is 582 g/mol. The van der Waals surface area contributed by atoms with Crippen molar-refractivity contribution in [3.63, 3.8) is 0 Å². The molecule has 5 rings (SSSR count). The molecule has 4 heteroatoms. The van der Waals surface area contributed by atoms with Crippen LogP contribution in [0.15, 0.2) is 108 Å². The van der Waals surface area contributed by atoms with Crippen molar-refractivity contribution in [2.45, 2.75) is 20.3 Å². The van der Waals surface area contributed by atoms with E-state index >= 15 is 0 Å². The van der Waals surface area contributed by atoms with Gasteiger partial charge in [-0.15, -0.1) is 0 Å². The summed E-state index contributed by atoms with van der Waals surface area (Å²) in [7, 11) is 0. The molecule has 0 fully saturated rings. The van der Waals surface area contributed by atoms with Crippen LogP contribution in [0.1, 0.15) is 19.4 Å². The minimum atomic E-state index is 0.196. The van der Waals surface area contributed by atoms with Crippen molar-refractivity contribution in [3.05, 3.63) is 118 Å². The van der Waals surface area contributed by atoms with Crippen LogP contribution in [-0.4, -0.2) is 11.7 Å². The van der Waals surface area contributed by atoms with Gasteiger partial charge in [-0.3, -0.25) is 0 Å². The Hall–Kier alpha value is -3.53. The average molecular weight is 584 g/mol. The van der Waals surface area contributed by atoms with Gasteiger partial charge in [-0.2, -0.15) is 0 Å². The molecule has 0 bridgehead atoms. The third-order valence-electron chi connectivity index (χ3n) is 6.74. The molecule has 0 aliphatic heterocycles. The van der Waals surface area contributed by atoms with Crippen LogP contribution >= 0.6 is 27.5 Å². The largest absolute Gasteiger partial charge is 0.507 e. The van der Waals surface area contributed by atoms with Gasteiger partial charge in [-0.1, -0.05) is 113 Å². The van der Waals surface area contributed by atoms with Crippen LogP contribution in [0, 0.1) is 0 Å². The number of hydrogen-bond acceptors (Lipinski definition) is 2. The first-order valence-electron chi connectivity index (χ1n) is 12.7. The molecular formula is C34H28BrClO2. The Kier molecular flexibility index (Phi) is 7.87. The van der Waals surface area contributed by atoms with Gasteiger partial charge >= 0.3 is 0 Å². The Morgan fingerprint density at radius 1 is 0.658 bits per heavy atom. The fraction of sp³-hybridized carbons (Fsp3) is 0.118. The first-order chi connectivity index (χ1) is 18.5. The van der Waals surface area contributed by atoms with Gasteiger partial charge in [0.1, 0.15) is 11.5 Å². The number of ether oxygens (including phenoxy) is 1. The van der Waals surface area contributed by atoms with E-state index in [-0.39, 0.29) is 5.75 Å². The predicted octanol–water partition coefficient (Wildman–Crippen LogP) is 10.4. The highest BCUT2D eigenvalue weighted by Gasteiger charge is 2.27. The zero-order valence-electron chi connectivity index (χ0n) is 21.3. The van der Waals surface area contributed by atoms with Gasteiger partial charge in [0.05, 0.1) is 6.61 Å². The van der Waals surface area contributed by atoms with E-state index in [0.29, 0.717) is 17.2 Å². The second kappa shape index (κ2) is 11.5. The third kappa shape index (κ3) is 4.84. The van der Waals surface area contributed by atoms with E-state index in [9.17, 15) is 5.11 Å². The van der Waals surface area contributed by atoms with E-state index in [2.05, 4.69) is 65.3 Å². The smallest absolute Gasteiger partial charge is 0.135 e. The Bertz CT molecular complexity index is 1610. The number of para-hydroxylation sites is 1. The lowest BCUT2D eigenvalue weighted by Gasteiger charge is -2.25. The normalized spacial score (nSPS) is 10.9. The summed E-state index contributed by atoms with van der Waals surface area (Å²) in [6.07, 6.45) is 0.860. The maximum absolute atomic E-state index is 11.0. The standard InChI is InChI=1S/C34H28BrClO2/c1-3-22-13-5-6-14-23(22)33-32(26-17-7-10-18-29(26)35)27(24-15-8-11-19-30(24)36)21-28(34(33)38-4-2)25-16-9-12-20-31(25)37/h5-21,37H,3-4H2,1-2H3. The van der Waals surface area contributed by atoms with Crippen molar-refractivity contribution in [2.75, 3.05) is 6.61 Å². The quantitative estimate of drug-likeness (QED) is 0.206. The van der Waals surface area contributed by atoms with E-state index in [1.54, 1.807) is 6.07 Å². The molecule has 1 N–H and O–H groups in total. The van der Waals surface area contributed by atoms with Crippen LogP contribution < -0.4 is 4.74 Å². The number of aryl methyl sites for hydroxylation is 1. The Morgan fingerprint density at radius 2 is 1.26 bits per heavy atom. The summed E-state index contributed by atoms with van der Waals surface area (Å²) in [5.41, 5.74) is 8.74. The highest BCUT2D eigenvalue weighted by molar-refractivity contribution is 9.10. The van der Waals surface area contributed by atoms with Gasteiger partial charge in [0.15, 0.2) is 0 Å². The number of rotatable bonds is 7. The zero-order valence-corrected chi connectivity index (χ0v) is 23.7. The molecule has 38 heavy (non-hydrogen) atoms. The van der Waals surface area contributed by atoms with Crippen LogP contribution in [0.25, 0.3) is 44.5 Å². The second-order valence-corrected chi connectivity index (χ2v) is 10.2. The molecule has 0 saturated heterocycles. The van der Waals surface area contributed by atoms with Crippen LogP contribution in [0.2, 0.25) is 5.02 Å². The van der Waals surface area contributed by atoms with Gasteiger partial charge in [0.25, 0.3) is 0 Å². The molecule has 0 spiro atoms. The molecule has 0 heterocycles. The third-order valence-corrected chi connectivity index (χ3v) is 7.76. The number of benzene rings is 5. The summed E-state index contributed by atoms with van der Waals surface area (Å²) in [6.45, 7) is 4.63. The Morgan fingerprint density at radius 3 is 1.92 bits per heavy atom. The van der Waals surface area contributed by atoms with E-state index in [0.717, 1.165) is 55.6 Å². The molecule has 0 aliphatic rings. The minimum Gasteiger partial charge on any atom is -0.507 e. The lowest BCUT2D eigenvalue weighted by Crippen LogP contribution is -2.03. The molecule has 0 aliphatic carbocycles. The molecule has 0 saturated carbocycles. The van der Waals surface area contributed by atoms with E-state index in [1.165, 1.54) is 5.56 Å². The maximum atomic E-state index is 11.0. The van der Waals surface area contributed by atoms with Crippen LogP contribution in [0.3, 0.4) is 0 Å². The first kappa shape index (κ1) is 26.1. The van der Waals surface area contributed by atoms with Gasteiger partial charge in [0, 0.05) is 37.3 Å². The summed E-state index contributed by atoms with van der Waals surface area (Å²) >= 11 is 10.7. The first-order valence-corrected chi connectivity index (χ1v) is 13.9. The summed E-state index contributed by atoms with van der Waals surface area (Å²) < 4.78 is 7.47. The molecule has 0 atom stereocenters. The van der Waals surface area contributed by atoms with Crippen molar-refractivity contribution < 1.29 is 9.84 Å². The number of halogens is 2. The van der Waals surface area contributed by atoms with E-state index in [4.69, 9.17) is 16.3 Å². The molecule has 5 aromatic carbocycles. The number of phenols is 1. The highest BCUT2D eigenvalue weighted by atomic mass is 79.9. The van der Waals surface area contributed by atoms with Gasteiger partial charge in [-0.25, -0.2) is 0 Å². The molecule has 0 radical (unpaired) electrons. The summed E-state index contributed by atoms with van der Waals surface area (Å²) in [4.78, 5) is 0. The molecule has 5 aromatic rings. The number of aromatic hydroxyl groups is 1. The topological polar surface area (TPSA) is 29.5 Å². The number of phenolic OH excluding ortho intramolecular Hbond substituents is 1. The minimum absolute atomic E-state index is 0.196. The molecule has 0 amide bonds. The summed E-state index contributed by atoms with van der Waals surface area (Å²) in [6, 6.07) is 34.1. The van der Waals surface area contributed by atoms with Crippen LogP contribution in [0.4, 0.5) is 0 Å². The molecule has 190 valence electrons. The molecule has 0 aromatic heterocycles. The molecule has 2 nitrogen and oxygen atoms in total. The van der Waals surface area contributed by atoms with Crippen molar-refractivity contribution in [2.24, 2.45) is 0 Å². The van der Waals surface area contributed by atoms with Crippen LogP contribution in [-0.2, 0) is 6.42 Å². The predicted molar refractivity (Wildman–Crippen MR) is 163 cm³/mol. The van der Waals surface area contributed by atoms with E-state index < -0.39 is 0 Å². The number of hydrogen-bond donors (Lipinski definition) is 1. The van der Waals surface area contributed by atoms with E-state index in [1.807, 2.05) is 61.5 Å². The lowest BCUT2D eigenvalue weighted by molar-refractivity contribution is 0.343. The fourth-order valence-corrected chi connectivity index (χ4v) is 5.75. The molecular weight excluding hydrogens is 556 g/mol. The lowest BCUT2D eigenvalue weighted by atomic mass is 9.82. The van der Waals surface area contributed by atoms with Gasteiger partial charge < -0.3 is 9.84 Å². The van der Waals surface area contributed by atoms with Crippen molar-refractivity contribution in [3.8, 4) is 56.0 Å². The summed E-state index contributed by atoms with van der Waals surface area (Å²) in [5, 5.41) is 11.6. The van der Waals surface area contributed by atoms with Crippen molar-refractivity contribution in [1.29, 1.82) is 0 Å². The zero-order chi connectivity index (χ0) is 26.6. The Labute approximate surface area is 237 Å². The molecule has 0 unspecified atom stereocenters. The second-order valence-electron chi connectivity index (χ2n) is 8.97. The van der Waals surface area contributed by atoms with Crippen LogP contribution in [0.5, 0.6) is 11.5 Å². The highest BCUT2D eigenvalue weighted by Crippen LogP contribution is 2.53. The fourth-order valence-electron chi connectivity index (χ4n) is 5.03. The van der Waals surface area contributed by atoms with Crippen molar-refractivity contribution >= 4 is 27.5 Å².